The molecule has 9 atom stereocenters. The number of imidazole rings is 1. The predicted molar refractivity (Wildman–Crippen MR) is 175 cm³/mol. The fourth-order valence-electron chi connectivity index (χ4n) is 5.53. The van der Waals surface area contributed by atoms with E-state index in [1.54, 1.807) is 0 Å². The molecule has 26 nitrogen and oxygen atoms in total. The Bertz CT molecular complexity index is 1970. The third-order valence-corrected chi connectivity index (χ3v) is 9.53. The van der Waals surface area contributed by atoms with Gasteiger partial charge in [-0.1, -0.05) is 11.5 Å². The van der Waals surface area contributed by atoms with Gasteiger partial charge in [-0.25, -0.2) is 28.9 Å². The minimum absolute atomic E-state index is 0.0223. The number of phosphoric acid groups is 2. The molecule has 0 bridgehead atoms. The summed E-state index contributed by atoms with van der Waals surface area (Å²) in [5.41, 5.74) is 25.3. The maximum absolute atomic E-state index is 13.3. The van der Waals surface area contributed by atoms with Crippen LogP contribution in [0.4, 0.5) is 11.6 Å². The van der Waals surface area contributed by atoms with E-state index in [0.717, 1.165) is 10.9 Å². The number of carbonyl (C=O) groups excluding carboxylic acids is 1. The van der Waals surface area contributed by atoms with Crippen molar-refractivity contribution in [3.05, 3.63) is 45.8 Å². The number of aliphatic hydroxyl groups excluding tert-OH is 1. The number of nitrogens with zero attached hydrogens (tertiary/aromatic N) is 9. The largest absolute Gasteiger partial charge is 0.472 e. The van der Waals surface area contributed by atoms with E-state index in [-0.39, 0.29) is 42.2 Å². The highest BCUT2D eigenvalue weighted by atomic mass is 31.2. The molecule has 0 amide bonds. The van der Waals surface area contributed by atoms with E-state index < -0.39 is 89.5 Å². The first kappa shape index (κ1) is 40.1. The molecule has 0 saturated carbocycles. The van der Waals surface area contributed by atoms with Gasteiger partial charge in [0.1, 0.15) is 54.3 Å². The van der Waals surface area contributed by atoms with Crippen molar-refractivity contribution in [1.82, 2.24) is 29.1 Å². The zero-order valence-electron chi connectivity index (χ0n) is 27.4. The summed E-state index contributed by atoms with van der Waals surface area (Å²) in [7, 11) is -10.2. The van der Waals surface area contributed by atoms with E-state index in [4.69, 9.17) is 46.0 Å². The van der Waals surface area contributed by atoms with Crippen LogP contribution in [0.2, 0.25) is 0 Å². The lowest BCUT2D eigenvalue weighted by atomic mass is 10.1. The molecule has 2 aliphatic heterocycles. The average molecular weight is 791 g/mol. The van der Waals surface area contributed by atoms with Crippen molar-refractivity contribution in [1.29, 1.82) is 0 Å². The van der Waals surface area contributed by atoms with Crippen molar-refractivity contribution < 1.29 is 61.5 Å². The van der Waals surface area contributed by atoms with Crippen LogP contribution in [-0.2, 0) is 41.7 Å². The average Bonchev–Trinajstić information content (AvgIpc) is 3.78. The maximum Gasteiger partial charge on any atom is 0.472 e. The molecule has 28 heteroatoms. The highest BCUT2D eigenvalue weighted by Gasteiger charge is 2.50. The number of hydrogen-bond donors (Lipinski definition) is 7. The Morgan fingerprint density at radius 1 is 1.11 bits per heavy atom. The number of anilines is 2. The smallest absolute Gasteiger partial charge is 0.455 e. The van der Waals surface area contributed by atoms with E-state index >= 15 is 0 Å². The quantitative estimate of drug-likeness (QED) is 0.0218. The minimum Gasteiger partial charge on any atom is -0.455 e. The normalized spacial score (nSPS) is 26.2. The second kappa shape index (κ2) is 16.9. The van der Waals surface area contributed by atoms with Crippen molar-refractivity contribution in [3.8, 4) is 0 Å². The summed E-state index contributed by atoms with van der Waals surface area (Å²) in [6.07, 6.45) is -5.82. The summed E-state index contributed by atoms with van der Waals surface area (Å²) < 4.78 is 59.2. The van der Waals surface area contributed by atoms with Crippen molar-refractivity contribution in [2.45, 2.75) is 74.7 Å². The van der Waals surface area contributed by atoms with E-state index in [0.29, 0.717) is 12.8 Å². The summed E-state index contributed by atoms with van der Waals surface area (Å²) in [5, 5.41) is 14.8. The fourth-order valence-corrected chi connectivity index (χ4v) is 6.83. The number of nitrogens with two attached hydrogens (primary N) is 3. The van der Waals surface area contributed by atoms with Gasteiger partial charge >= 0.3 is 27.3 Å². The number of hydrogen-bond acceptors (Lipinski definition) is 19. The van der Waals surface area contributed by atoms with Gasteiger partial charge in [0.2, 0.25) is 0 Å². The standard InChI is InChI=1S/C25H36N12O14P2/c26-12(3-1-2-5-33-35-29)24(39)50-20-15(49-23(19(20)38)37-11-32-18-21(28)30-10-31-22(18)37)9-47-53(44,45)51-13-7-17(36-6-4-16(27)34-25(36)40)48-14(13)8-46-52(41,42)43/h4,6,10-15,17,19-20,23,38H,1-3,5,7-9,26H2,(H,44,45)(H2,27,34,40)(H2,28,30,31)(H2,41,42,43)/t12?,13-,14-,15+,17+,19+,20+,23+/m0/s1. The van der Waals surface area contributed by atoms with Gasteiger partial charge in [-0.15, -0.1) is 0 Å². The summed E-state index contributed by atoms with van der Waals surface area (Å²) in [6.45, 7) is -1.49. The number of unbranched alkanes of at least 4 members (excludes halogenated alkanes) is 1. The number of nitrogen functional groups attached to an aromatic ring is 2. The Morgan fingerprint density at radius 2 is 1.87 bits per heavy atom. The number of azide groups is 1. The number of aliphatic hydroxyl groups is 1. The minimum atomic E-state index is -5.15. The first-order chi connectivity index (χ1) is 25.1. The molecule has 10 N–H and O–H groups in total. The van der Waals surface area contributed by atoms with Gasteiger partial charge in [0.15, 0.2) is 23.8 Å². The van der Waals surface area contributed by atoms with Gasteiger partial charge in [0.25, 0.3) is 0 Å². The molecular formula is C25H36N12O14P2. The molecule has 0 spiro atoms. The Morgan fingerprint density at radius 3 is 2.58 bits per heavy atom. The molecule has 2 fully saturated rings. The van der Waals surface area contributed by atoms with Crippen LogP contribution in [0.25, 0.3) is 21.6 Å². The lowest BCUT2D eigenvalue weighted by molar-refractivity contribution is -0.158. The van der Waals surface area contributed by atoms with Crippen LogP contribution >= 0.6 is 15.6 Å². The third kappa shape index (κ3) is 10.1. The first-order valence-electron chi connectivity index (χ1n) is 15.7. The van der Waals surface area contributed by atoms with Crippen molar-refractivity contribution in [2.75, 3.05) is 31.2 Å². The lowest BCUT2D eigenvalue weighted by Crippen LogP contribution is -2.43. The van der Waals surface area contributed by atoms with Crippen LogP contribution in [0.15, 0.2) is 34.8 Å². The first-order valence-corrected chi connectivity index (χ1v) is 18.7. The summed E-state index contributed by atoms with van der Waals surface area (Å²) in [6, 6.07) is 0.106. The Balaban J connectivity index is 1.32. The maximum atomic E-state index is 13.3. The van der Waals surface area contributed by atoms with Gasteiger partial charge < -0.3 is 51.2 Å². The number of ether oxygens (including phenoxy) is 3. The number of rotatable bonds is 17. The molecule has 3 aromatic rings. The van der Waals surface area contributed by atoms with Gasteiger partial charge in [-0.3, -0.25) is 27.5 Å². The van der Waals surface area contributed by atoms with Gasteiger partial charge in [-0.2, -0.15) is 4.98 Å². The van der Waals surface area contributed by atoms with E-state index in [2.05, 4.69) is 34.5 Å². The molecule has 5 rings (SSSR count). The number of fused-ring (bicyclic) bond motifs is 1. The number of aromatic nitrogens is 6. The monoisotopic (exact) mass is 790 g/mol. The van der Waals surface area contributed by atoms with Gasteiger partial charge in [0.05, 0.1) is 19.5 Å². The van der Waals surface area contributed by atoms with Crippen LogP contribution in [0, 0.1) is 0 Å². The Labute approximate surface area is 297 Å². The molecule has 0 radical (unpaired) electrons. The SMILES string of the molecule is [N-]=[N+]=NCCCCC(N)C(=O)O[C@H]1[C@@H](O)[C@H](n2cnc3c(N)ncnc32)O[C@@H]1COP(=O)(O)O[C@H]1C[C@H](n2ccc(N)nc2=O)O[C@H]1COP(=O)(O)O. The predicted octanol–water partition coefficient (Wildman–Crippen LogP) is -0.875. The second-order valence-electron chi connectivity index (χ2n) is 11.7. The second-order valence-corrected chi connectivity index (χ2v) is 14.3. The summed E-state index contributed by atoms with van der Waals surface area (Å²) in [4.78, 5) is 73.0. The van der Waals surface area contributed by atoms with Crippen LogP contribution in [0.3, 0.4) is 0 Å². The molecule has 0 aliphatic carbocycles. The van der Waals surface area contributed by atoms with Crippen molar-refractivity contribution >= 4 is 44.4 Å². The number of phosphoric ester groups is 2. The van der Waals surface area contributed by atoms with Crippen molar-refractivity contribution in [3.63, 3.8) is 0 Å². The molecule has 2 unspecified atom stereocenters. The van der Waals surface area contributed by atoms with E-state index in [1.165, 1.54) is 23.2 Å². The molecule has 2 saturated heterocycles. The van der Waals surface area contributed by atoms with E-state index in [9.17, 15) is 38.5 Å². The van der Waals surface area contributed by atoms with E-state index in [1.807, 2.05) is 0 Å². The van der Waals surface area contributed by atoms with Gasteiger partial charge in [-0.05, 0) is 24.4 Å². The fraction of sp³-hybridized carbons (Fsp3) is 0.600. The molecule has 3 aromatic heterocycles. The zero-order chi connectivity index (χ0) is 38.5. The topological polar surface area (TPSA) is 393 Å². The number of carbonyl (C=O) groups is 1. The highest BCUT2D eigenvalue weighted by molar-refractivity contribution is 7.47. The van der Waals surface area contributed by atoms with Crippen LogP contribution < -0.4 is 22.9 Å². The van der Waals surface area contributed by atoms with Crippen LogP contribution in [0.1, 0.15) is 38.1 Å². The Kier molecular flexibility index (Phi) is 12.8. The highest BCUT2D eigenvalue weighted by Crippen LogP contribution is 2.50. The molecule has 290 valence electrons. The van der Waals surface area contributed by atoms with Gasteiger partial charge in [0, 0.05) is 24.1 Å². The molecule has 5 heterocycles. The molecular weight excluding hydrogens is 754 g/mol. The molecule has 2 aliphatic rings. The third-order valence-electron chi connectivity index (χ3n) is 8.03. The Hall–Kier alpha value is -4.13. The molecule has 0 aromatic carbocycles. The van der Waals surface area contributed by atoms with Crippen LogP contribution in [-0.4, -0.2) is 111 Å². The summed E-state index contributed by atoms with van der Waals surface area (Å²) >= 11 is 0. The summed E-state index contributed by atoms with van der Waals surface area (Å²) in [5.74, 6) is -1.03. The molecule has 53 heavy (non-hydrogen) atoms. The number of esters is 1. The lowest BCUT2D eigenvalue weighted by Gasteiger charge is -2.24. The zero-order valence-corrected chi connectivity index (χ0v) is 29.2. The van der Waals surface area contributed by atoms with Crippen molar-refractivity contribution in [2.24, 2.45) is 10.8 Å². The van der Waals surface area contributed by atoms with Crippen LogP contribution in [0.5, 0.6) is 0 Å².